The highest BCUT2D eigenvalue weighted by Crippen LogP contribution is 2.48. The zero-order valence-corrected chi connectivity index (χ0v) is 23.0. The molecule has 0 N–H and O–H groups in total. The van der Waals surface area contributed by atoms with Crippen molar-refractivity contribution in [2.45, 2.75) is 57.9 Å². The number of nitrogens with zero attached hydrogens (tertiary/aromatic N) is 7. The van der Waals surface area contributed by atoms with Crippen molar-refractivity contribution in [1.29, 1.82) is 0 Å². The van der Waals surface area contributed by atoms with Crippen LogP contribution in [0, 0.1) is 23.1 Å². The summed E-state index contributed by atoms with van der Waals surface area (Å²) in [6.45, 7) is 8.32. The van der Waals surface area contributed by atoms with Gasteiger partial charge >= 0.3 is 0 Å². The van der Waals surface area contributed by atoms with E-state index in [9.17, 15) is 9.18 Å². The molecule has 0 unspecified atom stereocenters. The standard InChI is InChI=1S/C30H34FN7O2/c1-18(2)27(20-11-22(39)12-20)38-15-30(16-38)8-10-37(14-30)28-29(36-34-17-32-28)40-25-6-5-21(31)13-24(25)26-23(19-3-4-19)7-9-33-35-26/h5-7,9,13,17-20,27H,3-4,8,10-12,14-16H2,1-2H3/t27-/m0/s1. The smallest absolute Gasteiger partial charge is 0.282 e. The van der Waals surface area contributed by atoms with Crippen LogP contribution in [0.1, 0.15) is 57.4 Å². The summed E-state index contributed by atoms with van der Waals surface area (Å²) in [5.74, 6) is 2.86. The van der Waals surface area contributed by atoms with E-state index >= 15 is 0 Å². The van der Waals surface area contributed by atoms with Crippen LogP contribution in [0.4, 0.5) is 10.2 Å². The second-order valence-corrected chi connectivity index (χ2v) is 12.5. The lowest BCUT2D eigenvalue weighted by Gasteiger charge is -2.55. The van der Waals surface area contributed by atoms with E-state index in [4.69, 9.17) is 4.74 Å². The Bertz CT molecular complexity index is 1430. The van der Waals surface area contributed by atoms with E-state index in [0.717, 1.165) is 63.8 Å². The molecule has 2 aliphatic carbocycles. The third-order valence-electron chi connectivity index (χ3n) is 9.13. The molecule has 208 valence electrons. The topological polar surface area (TPSA) is 97.2 Å². The molecule has 1 atom stereocenters. The van der Waals surface area contributed by atoms with Crippen molar-refractivity contribution in [2.24, 2.45) is 17.3 Å². The average Bonchev–Trinajstić information content (AvgIpc) is 3.67. The van der Waals surface area contributed by atoms with Crippen molar-refractivity contribution >= 4 is 11.6 Å². The van der Waals surface area contributed by atoms with E-state index in [2.05, 4.69) is 49.0 Å². The molecule has 1 spiro atoms. The van der Waals surface area contributed by atoms with Gasteiger partial charge in [-0.25, -0.2) is 9.37 Å². The van der Waals surface area contributed by atoms with Crippen molar-refractivity contribution in [3.8, 4) is 22.9 Å². The average molecular weight is 544 g/mol. The molecule has 1 aromatic carbocycles. The van der Waals surface area contributed by atoms with Gasteiger partial charge < -0.3 is 9.64 Å². The van der Waals surface area contributed by atoms with Gasteiger partial charge in [0.15, 0.2) is 5.82 Å². The monoisotopic (exact) mass is 543 g/mol. The molecule has 0 amide bonds. The molecule has 2 aromatic heterocycles. The summed E-state index contributed by atoms with van der Waals surface area (Å²) in [6.07, 6.45) is 7.83. The first-order valence-corrected chi connectivity index (χ1v) is 14.4. The molecule has 9 nitrogen and oxygen atoms in total. The summed E-state index contributed by atoms with van der Waals surface area (Å²) in [5, 5.41) is 16.8. The minimum absolute atomic E-state index is 0.197. The maximum absolute atomic E-state index is 14.4. The SMILES string of the molecule is CC(C)[C@@H](C1CC(=O)C1)N1CC2(CCN(c3ncnnc3Oc3ccc(F)cc3-c3nnccc3C3CC3)C2)C1. The molecule has 4 fully saturated rings. The molecule has 2 aliphatic heterocycles. The fraction of sp³-hybridized carbons (Fsp3) is 0.533. The Hall–Kier alpha value is -3.53. The van der Waals surface area contributed by atoms with Crippen LogP contribution in [0.15, 0.2) is 36.8 Å². The molecular weight excluding hydrogens is 509 g/mol. The number of ketones is 1. The maximum atomic E-state index is 14.4. The largest absolute Gasteiger partial charge is 0.434 e. The lowest BCUT2D eigenvalue weighted by Crippen LogP contribution is -2.64. The van der Waals surface area contributed by atoms with Crippen molar-refractivity contribution in [3.63, 3.8) is 0 Å². The van der Waals surface area contributed by atoms with E-state index in [-0.39, 0.29) is 11.2 Å². The number of hydrogen-bond acceptors (Lipinski definition) is 9. The highest BCUT2D eigenvalue weighted by atomic mass is 19.1. The van der Waals surface area contributed by atoms with Crippen LogP contribution in [0.3, 0.4) is 0 Å². The minimum atomic E-state index is -0.366. The van der Waals surface area contributed by atoms with Crippen molar-refractivity contribution in [2.75, 3.05) is 31.1 Å². The summed E-state index contributed by atoms with van der Waals surface area (Å²) < 4.78 is 20.8. The van der Waals surface area contributed by atoms with Crippen LogP contribution in [0.5, 0.6) is 11.6 Å². The maximum Gasteiger partial charge on any atom is 0.282 e. The second-order valence-electron chi connectivity index (χ2n) is 12.5. The van der Waals surface area contributed by atoms with E-state index in [1.54, 1.807) is 12.3 Å². The fourth-order valence-electron chi connectivity index (χ4n) is 7.13. The molecule has 40 heavy (non-hydrogen) atoms. The van der Waals surface area contributed by atoms with Crippen LogP contribution in [-0.2, 0) is 4.79 Å². The highest BCUT2D eigenvalue weighted by Gasteiger charge is 2.52. The molecule has 2 saturated heterocycles. The minimum Gasteiger partial charge on any atom is -0.434 e. The highest BCUT2D eigenvalue weighted by molar-refractivity contribution is 5.84. The van der Waals surface area contributed by atoms with Gasteiger partial charge in [0.2, 0.25) is 0 Å². The molecule has 7 rings (SSSR count). The molecule has 0 radical (unpaired) electrons. The zero-order valence-electron chi connectivity index (χ0n) is 23.0. The predicted octanol–water partition coefficient (Wildman–Crippen LogP) is 4.65. The number of likely N-dealkylation sites (tertiary alicyclic amines) is 1. The van der Waals surface area contributed by atoms with Crippen molar-refractivity contribution in [3.05, 3.63) is 48.2 Å². The van der Waals surface area contributed by atoms with Crippen LogP contribution >= 0.6 is 0 Å². The van der Waals surface area contributed by atoms with E-state index in [0.29, 0.717) is 58.3 Å². The molecule has 4 heterocycles. The Morgan fingerprint density at radius 3 is 2.65 bits per heavy atom. The molecule has 2 saturated carbocycles. The molecular formula is C30H34FN7O2. The number of benzene rings is 1. The summed E-state index contributed by atoms with van der Waals surface area (Å²) in [7, 11) is 0. The van der Waals surface area contributed by atoms with Gasteiger partial charge in [-0.15, -0.1) is 10.2 Å². The van der Waals surface area contributed by atoms with Gasteiger partial charge in [0.1, 0.15) is 29.4 Å². The third kappa shape index (κ3) is 4.62. The lowest BCUT2D eigenvalue weighted by molar-refractivity contribution is -0.133. The van der Waals surface area contributed by atoms with E-state index in [1.807, 2.05) is 6.07 Å². The number of ether oxygens (including phenoxy) is 1. The number of rotatable bonds is 8. The Morgan fingerprint density at radius 2 is 1.90 bits per heavy atom. The molecule has 3 aromatic rings. The second kappa shape index (κ2) is 9.83. The predicted molar refractivity (Wildman–Crippen MR) is 146 cm³/mol. The number of carbonyl (C=O) groups excluding carboxylic acids is 1. The van der Waals surface area contributed by atoms with Gasteiger partial charge in [0, 0.05) is 62.2 Å². The fourth-order valence-corrected chi connectivity index (χ4v) is 7.13. The van der Waals surface area contributed by atoms with Crippen LogP contribution in [0.25, 0.3) is 11.3 Å². The molecule has 10 heteroatoms. The number of halogens is 1. The normalized spacial score (nSPS) is 21.5. The van der Waals surface area contributed by atoms with E-state index in [1.165, 1.54) is 18.5 Å². The Kier molecular flexibility index (Phi) is 6.25. The number of carbonyl (C=O) groups is 1. The molecule has 4 aliphatic rings. The summed E-state index contributed by atoms with van der Waals surface area (Å²) in [6, 6.07) is 6.87. The third-order valence-corrected chi connectivity index (χ3v) is 9.13. The van der Waals surface area contributed by atoms with Gasteiger partial charge in [-0.1, -0.05) is 13.8 Å². The summed E-state index contributed by atoms with van der Waals surface area (Å²) >= 11 is 0. The Balaban J connectivity index is 1.10. The summed E-state index contributed by atoms with van der Waals surface area (Å²) in [4.78, 5) is 21.1. The zero-order chi connectivity index (χ0) is 27.4. The Morgan fingerprint density at radius 1 is 1.07 bits per heavy atom. The first-order chi connectivity index (χ1) is 19.4. The van der Waals surface area contributed by atoms with E-state index < -0.39 is 0 Å². The number of hydrogen-bond donors (Lipinski definition) is 0. The first kappa shape index (κ1) is 25.4. The molecule has 0 bridgehead atoms. The lowest BCUT2D eigenvalue weighted by atomic mass is 9.70. The van der Waals surface area contributed by atoms with Gasteiger partial charge in [0.25, 0.3) is 5.88 Å². The summed E-state index contributed by atoms with van der Waals surface area (Å²) in [5.41, 5.74) is 2.45. The van der Waals surface area contributed by atoms with Crippen LogP contribution < -0.4 is 9.64 Å². The van der Waals surface area contributed by atoms with Gasteiger partial charge in [0.05, 0.1) is 0 Å². The van der Waals surface area contributed by atoms with Crippen LogP contribution in [-0.4, -0.2) is 68.3 Å². The number of aromatic nitrogens is 5. The van der Waals surface area contributed by atoms with Gasteiger partial charge in [-0.05, 0) is 66.8 Å². The van der Waals surface area contributed by atoms with Crippen molar-refractivity contribution < 1.29 is 13.9 Å². The van der Waals surface area contributed by atoms with Crippen molar-refractivity contribution in [1.82, 2.24) is 30.3 Å². The van der Waals surface area contributed by atoms with Crippen LogP contribution in [0.2, 0.25) is 0 Å². The number of anilines is 1. The number of Topliss-reactive ketones (excluding diaryl/α,β-unsaturated/α-hetero) is 1. The van der Waals surface area contributed by atoms with Gasteiger partial charge in [-0.3, -0.25) is 9.69 Å². The quantitative estimate of drug-likeness (QED) is 0.402. The van der Waals surface area contributed by atoms with Gasteiger partial charge in [-0.2, -0.15) is 10.2 Å². The Labute approximate surface area is 233 Å². The first-order valence-electron chi connectivity index (χ1n) is 14.4.